The lowest BCUT2D eigenvalue weighted by atomic mass is 9.56. The van der Waals surface area contributed by atoms with Crippen LogP contribution in [0.2, 0.25) is 0 Å². The molecule has 0 aromatic heterocycles. The average molecular weight is 319 g/mol. The van der Waals surface area contributed by atoms with Crippen molar-refractivity contribution in [3.8, 4) is 5.75 Å². The molecule has 2 atom stereocenters. The SMILES string of the molecule is CN=C(NCc1ccccc1OC)NC1CC(C)(OC)C1(C)C. The molecule has 1 fully saturated rings. The molecule has 2 rings (SSSR count). The maximum atomic E-state index is 5.68. The Kier molecular flexibility index (Phi) is 5.19. The van der Waals surface area contributed by atoms with Crippen molar-refractivity contribution in [1.29, 1.82) is 0 Å². The van der Waals surface area contributed by atoms with Gasteiger partial charge < -0.3 is 20.1 Å². The monoisotopic (exact) mass is 319 g/mol. The number of nitrogens with one attached hydrogen (secondary N) is 2. The van der Waals surface area contributed by atoms with Crippen LogP contribution in [-0.4, -0.2) is 38.9 Å². The van der Waals surface area contributed by atoms with E-state index >= 15 is 0 Å². The van der Waals surface area contributed by atoms with Crippen molar-refractivity contribution in [3.63, 3.8) is 0 Å². The number of ether oxygens (including phenoxy) is 2. The van der Waals surface area contributed by atoms with Gasteiger partial charge in [-0.05, 0) is 19.4 Å². The van der Waals surface area contributed by atoms with Gasteiger partial charge >= 0.3 is 0 Å². The van der Waals surface area contributed by atoms with Crippen LogP contribution in [0.15, 0.2) is 29.3 Å². The molecule has 0 radical (unpaired) electrons. The van der Waals surface area contributed by atoms with Crippen LogP contribution in [0.3, 0.4) is 0 Å². The van der Waals surface area contributed by atoms with Gasteiger partial charge in [-0.15, -0.1) is 0 Å². The average Bonchev–Trinajstić information content (AvgIpc) is 2.57. The summed E-state index contributed by atoms with van der Waals surface area (Å²) in [6, 6.07) is 8.32. The van der Waals surface area contributed by atoms with Gasteiger partial charge in [-0.2, -0.15) is 0 Å². The maximum absolute atomic E-state index is 5.68. The van der Waals surface area contributed by atoms with E-state index in [0.29, 0.717) is 12.6 Å². The number of hydrogen-bond donors (Lipinski definition) is 2. The van der Waals surface area contributed by atoms with Crippen molar-refractivity contribution in [2.75, 3.05) is 21.3 Å². The Morgan fingerprint density at radius 2 is 1.96 bits per heavy atom. The Hall–Kier alpha value is -1.75. The third-order valence-corrected chi connectivity index (χ3v) is 5.45. The van der Waals surface area contributed by atoms with Crippen molar-refractivity contribution >= 4 is 5.96 Å². The fraction of sp³-hybridized carbons (Fsp3) is 0.611. The number of nitrogens with zero attached hydrogens (tertiary/aromatic N) is 1. The van der Waals surface area contributed by atoms with Gasteiger partial charge in [0, 0.05) is 37.7 Å². The standard InChI is InChI=1S/C18H29N3O2/c1-17(2)15(11-18(17,3)23-6)21-16(19-4)20-12-13-9-7-8-10-14(13)22-5/h7-10,15H,11-12H2,1-6H3,(H2,19,20,21). The molecule has 1 aromatic carbocycles. The Labute approximate surface area is 139 Å². The van der Waals surface area contributed by atoms with E-state index in [0.717, 1.165) is 23.7 Å². The first-order valence-electron chi connectivity index (χ1n) is 8.02. The van der Waals surface area contributed by atoms with E-state index < -0.39 is 0 Å². The molecule has 23 heavy (non-hydrogen) atoms. The van der Waals surface area contributed by atoms with Crippen LogP contribution in [-0.2, 0) is 11.3 Å². The zero-order valence-corrected chi connectivity index (χ0v) is 15.1. The first kappa shape index (κ1) is 17.6. The maximum Gasteiger partial charge on any atom is 0.191 e. The van der Waals surface area contributed by atoms with Crippen molar-refractivity contribution in [1.82, 2.24) is 10.6 Å². The van der Waals surface area contributed by atoms with Gasteiger partial charge in [0.05, 0.1) is 12.7 Å². The molecule has 0 amide bonds. The topological polar surface area (TPSA) is 54.9 Å². The Balaban J connectivity index is 1.95. The molecule has 0 spiro atoms. The predicted octanol–water partition coefficient (Wildman–Crippen LogP) is 2.56. The summed E-state index contributed by atoms with van der Waals surface area (Å²) >= 11 is 0. The van der Waals surface area contributed by atoms with E-state index in [4.69, 9.17) is 9.47 Å². The van der Waals surface area contributed by atoms with Gasteiger partial charge in [0.15, 0.2) is 5.96 Å². The van der Waals surface area contributed by atoms with Crippen LogP contribution in [0.25, 0.3) is 0 Å². The van der Waals surface area contributed by atoms with E-state index in [-0.39, 0.29) is 11.0 Å². The molecule has 0 aliphatic heterocycles. The van der Waals surface area contributed by atoms with E-state index in [1.54, 1.807) is 21.3 Å². The second kappa shape index (κ2) is 6.79. The zero-order valence-electron chi connectivity index (χ0n) is 15.1. The molecular weight excluding hydrogens is 290 g/mol. The Morgan fingerprint density at radius 1 is 1.26 bits per heavy atom. The normalized spacial score (nSPS) is 26.3. The first-order valence-corrected chi connectivity index (χ1v) is 8.02. The van der Waals surface area contributed by atoms with Gasteiger partial charge in [0.1, 0.15) is 5.75 Å². The van der Waals surface area contributed by atoms with Crippen LogP contribution in [0.5, 0.6) is 5.75 Å². The third-order valence-electron chi connectivity index (χ3n) is 5.45. The quantitative estimate of drug-likeness (QED) is 0.647. The van der Waals surface area contributed by atoms with Crippen molar-refractivity contribution < 1.29 is 9.47 Å². The minimum atomic E-state index is -0.0911. The van der Waals surface area contributed by atoms with Gasteiger partial charge in [0.2, 0.25) is 0 Å². The molecule has 128 valence electrons. The second-order valence-electron chi connectivity index (χ2n) is 6.80. The van der Waals surface area contributed by atoms with Crippen molar-refractivity contribution in [2.45, 2.75) is 45.4 Å². The molecule has 1 aromatic rings. The second-order valence-corrected chi connectivity index (χ2v) is 6.80. The summed E-state index contributed by atoms with van der Waals surface area (Å²) < 4.78 is 11.1. The Bertz CT molecular complexity index is 571. The van der Waals surface area contributed by atoms with Crippen LogP contribution >= 0.6 is 0 Å². The summed E-state index contributed by atoms with van der Waals surface area (Å²) in [6.07, 6.45) is 0.964. The summed E-state index contributed by atoms with van der Waals surface area (Å²) in [5.74, 6) is 1.68. The number of guanidine groups is 1. The predicted molar refractivity (Wildman–Crippen MR) is 93.9 cm³/mol. The molecule has 1 aliphatic carbocycles. The molecule has 5 heteroatoms. The summed E-state index contributed by atoms with van der Waals surface area (Å²) in [5, 5.41) is 6.87. The number of benzene rings is 1. The van der Waals surface area contributed by atoms with Crippen LogP contribution in [0.4, 0.5) is 0 Å². The molecule has 2 N–H and O–H groups in total. The first-order chi connectivity index (χ1) is 10.9. The summed E-state index contributed by atoms with van der Waals surface area (Å²) in [7, 11) is 5.26. The van der Waals surface area contributed by atoms with E-state index in [1.807, 2.05) is 24.3 Å². The van der Waals surface area contributed by atoms with Crippen LogP contribution < -0.4 is 15.4 Å². The number of aliphatic imine (C=N–C) groups is 1. The smallest absolute Gasteiger partial charge is 0.191 e. The number of hydrogen-bond acceptors (Lipinski definition) is 3. The Morgan fingerprint density at radius 3 is 2.52 bits per heavy atom. The lowest BCUT2D eigenvalue weighted by molar-refractivity contribution is -0.176. The molecule has 1 saturated carbocycles. The van der Waals surface area contributed by atoms with E-state index in [2.05, 4.69) is 36.4 Å². The highest BCUT2D eigenvalue weighted by atomic mass is 16.5. The highest BCUT2D eigenvalue weighted by molar-refractivity contribution is 5.80. The molecule has 0 saturated heterocycles. The third kappa shape index (κ3) is 3.29. The molecule has 0 bridgehead atoms. The lowest BCUT2D eigenvalue weighted by Crippen LogP contribution is -2.69. The minimum Gasteiger partial charge on any atom is -0.496 e. The van der Waals surface area contributed by atoms with Crippen LogP contribution in [0.1, 0.15) is 32.8 Å². The van der Waals surface area contributed by atoms with Crippen molar-refractivity contribution in [3.05, 3.63) is 29.8 Å². The van der Waals surface area contributed by atoms with Crippen LogP contribution in [0, 0.1) is 5.41 Å². The summed E-state index contributed by atoms with van der Waals surface area (Å²) in [6.45, 7) is 7.28. The van der Waals surface area contributed by atoms with Gasteiger partial charge in [0.25, 0.3) is 0 Å². The van der Waals surface area contributed by atoms with Gasteiger partial charge in [-0.1, -0.05) is 32.0 Å². The fourth-order valence-corrected chi connectivity index (χ4v) is 3.11. The van der Waals surface area contributed by atoms with Gasteiger partial charge in [-0.25, -0.2) is 0 Å². The number of methoxy groups -OCH3 is 2. The number of rotatable bonds is 5. The van der Waals surface area contributed by atoms with Gasteiger partial charge in [-0.3, -0.25) is 4.99 Å². The molecule has 5 nitrogen and oxygen atoms in total. The van der Waals surface area contributed by atoms with Crippen molar-refractivity contribution in [2.24, 2.45) is 10.4 Å². The largest absolute Gasteiger partial charge is 0.496 e. The lowest BCUT2D eigenvalue weighted by Gasteiger charge is -2.59. The summed E-state index contributed by atoms with van der Waals surface area (Å²) in [4.78, 5) is 4.33. The molecule has 2 unspecified atom stereocenters. The fourth-order valence-electron chi connectivity index (χ4n) is 3.11. The number of para-hydroxylation sites is 1. The minimum absolute atomic E-state index is 0.0454. The highest BCUT2D eigenvalue weighted by Gasteiger charge is 2.58. The highest BCUT2D eigenvalue weighted by Crippen LogP contribution is 2.51. The molecular formula is C18H29N3O2. The van der Waals surface area contributed by atoms with E-state index in [9.17, 15) is 0 Å². The molecule has 1 aliphatic rings. The summed E-state index contributed by atoms with van der Waals surface area (Å²) in [5.41, 5.74) is 1.06. The zero-order chi connectivity index (χ0) is 17.1. The molecule has 0 heterocycles. The van der Waals surface area contributed by atoms with E-state index in [1.165, 1.54) is 0 Å².